The molecular formula is C14H7ClF3NOS. The average Bonchev–Trinajstić information content (AvgIpc) is 2.42. The third kappa shape index (κ3) is 4.06. The van der Waals surface area contributed by atoms with E-state index in [4.69, 9.17) is 21.6 Å². The van der Waals surface area contributed by atoms with E-state index in [1.165, 1.54) is 6.07 Å². The van der Waals surface area contributed by atoms with Gasteiger partial charge in [0, 0.05) is 4.90 Å². The van der Waals surface area contributed by atoms with Crippen LogP contribution in [0.2, 0.25) is 5.02 Å². The third-order valence-electron chi connectivity index (χ3n) is 2.47. The van der Waals surface area contributed by atoms with Gasteiger partial charge in [-0.25, -0.2) is 0 Å². The van der Waals surface area contributed by atoms with Gasteiger partial charge in [0.2, 0.25) is 0 Å². The van der Waals surface area contributed by atoms with Gasteiger partial charge >= 0.3 is 6.18 Å². The van der Waals surface area contributed by atoms with Crippen molar-refractivity contribution >= 4 is 23.4 Å². The molecule has 2 rings (SSSR count). The fourth-order valence-electron chi connectivity index (χ4n) is 1.55. The van der Waals surface area contributed by atoms with Crippen molar-refractivity contribution in [2.24, 2.45) is 0 Å². The van der Waals surface area contributed by atoms with Crippen LogP contribution in [0.4, 0.5) is 13.2 Å². The standard InChI is InChI=1S/C14H7ClF3NOS/c15-13-6-3-10(7-12(13)14(16,17)18)20-9-1-4-11(5-2-9)21-8-19/h1-7H. The molecule has 0 radical (unpaired) electrons. The fourth-order valence-corrected chi connectivity index (χ4v) is 2.15. The van der Waals surface area contributed by atoms with Gasteiger partial charge < -0.3 is 4.74 Å². The van der Waals surface area contributed by atoms with Gasteiger partial charge in [-0.2, -0.15) is 18.4 Å². The zero-order valence-electron chi connectivity index (χ0n) is 10.3. The first-order chi connectivity index (χ1) is 9.90. The van der Waals surface area contributed by atoms with Crippen molar-refractivity contribution in [1.29, 1.82) is 5.26 Å². The summed E-state index contributed by atoms with van der Waals surface area (Å²) in [6, 6.07) is 9.77. The Labute approximate surface area is 128 Å². The van der Waals surface area contributed by atoms with Crippen molar-refractivity contribution in [3.63, 3.8) is 0 Å². The Hall–Kier alpha value is -1.84. The van der Waals surface area contributed by atoms with E-state index in [1.54, 1.807) is 24.3 Å². The summed E-state index contributed by atoms with van der Waals surface area (Å²) in [5.41, 5.74) is -0.946. The second kappa shape index (κ2) is 6.29. The molecule has 2 nitrogen and oxygen atoms in total. The maximum Gasteiger partial charge on any atom is 0.417 e. The minimum Gasteiger partial charge on any atom is -0.457 e. The van der Waals surface area contributed by atoms with Crippen LogP contribution in [0.5, 0.6) is 11.5 Å². The van der Waals surface area contributed by atoms with E-state index >= 15 is 0 Å². The van der Waals surface area contributed by atoms with Crippen LogP contribution in [0.3, 0.4) is 0 Å². The lowest BCUT2D eigenvalue weighted by atomic mass is 10.2. The first-order valence-corrected chi connectivity index (χ1v) is 6.80. The maximum atomic E-state index is 12.7. The molecule has 0 aromatic heterocycles. The van der Waals surface area contributed by atoms with Crippen LogP contribution in [-0.4, -0.2) is 0 Å². The molecule has 0 heterocycles. The quantitative estimate of drug-likeness (QED) is 0.533. The lowest BCUT2D eigenvalue weighted by molar-refractivity contribution is -0.137. The van der Waals surface area contributed by atoms with Gasteiger partial charge in [-0.15, -0.1) is 0 Å². The Bertz CT molecular complexity index is 680. The topological polar surface area (TPSA) is 33.0 Å². The third-order valence-corrected chi connectivity index (χ3v) is 3.39. The van der Waals surface area contributed by atoms with E-state index in [9.17, 15) is 13.2 Å². The van der Waals surface area contributed by atoms with Crippen molar-refractivity contribution in [3.8, 4) is 16.9 Å². The van der Waals surface area contributed by atoms with Gasteiger partial charge in [0.05, 0.1) is 10.6 Å². The minimum atomic E-state index is -4.54. The van der Waals surface area contributed by atoms with Crippen LogP contribution < -0.4 is 4.74 Å². The van der Waals surface area contributed by atoms with Crippen LogP contribution in [-0.2, 0) is 6.18 Å². The minimum absolute atomic E-state index is 0.0346. The molecule has 0 amide bonds. The lowest BCUT2D eigenvalue weighted by Crippen LogP contribution is -2.05. The number of nitriles is 1. The van der Waals surface area contributed by atoms with Crippen LogP contribution in [0.1, 0.15) is 5.56 Å². The summed E-state index contributed by atoms with van der Waals surface area (Å²) in [5, 5.41) is 10.1. The first-order valence-electron chi connectivity index (χ1n) is 5.61. The smallest absolute Gasteiger partial charge is 0.417 e. The molecule has 0 spiro atoms. The summed E-state index contributed by atoms with van der Waals surface area (Å²) in [4.78, 5) is 0.719. The van der Waals surface area contributed by atoms with Crippen LogP contribution in [0.25, 0.3) is 0 Å². The number of halogens is 4. The summed E-state index contributed by atoms with van der Waals surface area (Å²) < 4.78 is 43.5. The Morgan fingerprint density at radius 1 is 1.05 bits per heavy atom. The highest BCUT2D eigenvalue weighted by Crippen LogP contribution is 2.37. The summed E-state index contributed by atoms with van der Waals surface area (Å²) in [6.45, 7) is 0. The molecule has 0 aliphatic rings. The maximum absolute atomic E-state index is 12.7. The van der Waals surface area contributed by atoms with Crippen molar-refractivity contribution in [3.05, 3.63) is 53.1 Å². The van der Waals surface area contributed by atoms with Crippen molar-refractivity contribution in [1.82, 2.24) is 0 Å². The summed E-state index contributed by atoms with van der Waals surface area (Å²) >= 11 is 6.51. The van der Waals surface area contributed by atoms with Crippen LogP contribution in [0.15, 0.2) is 47.4 Å². The molecule has 0 unspecified atom stereocenters. The SMILES string of the molecule is N#CSc1ccc(Oc2ccc(Cl)c(C(F)(F)F)c2)cc1. The molecular weight excluding hydrogens is 323 g/mol. The Morgan fingerprint density at radius 2 is 1.67 bits per heavy atom. The number of thiocyanates is 1. The molecule has 0 aliphatic heterocycles. The predicted octanol–water partition coefficient (Wildman–Crippen LogP) is 5.72. The predicted molar refractivity (Wildman–Crippen MR) is 74.4 cm³/mol. The Morgan fingerprint density at radius 3 is 2.24 bits per heavy atom. The molecule has 21 heavy (non-hydrogen) atoms. The Balaban J connectivity index is 2.22. The number of nitrogens with zero attached hydrogens (tertiary/aromatic N) is 1. The number of benzene rings is 2. The van der Waals surface area contributed by atoms with Crippen molar-refractivity contribution in [2.75, 3.05) is 0 Å². The van der Waals surface area contributed by atoms with E-state index in [1.807, 2.05) is 5.40 Å². The monoisotopic (exact) mass is 329 g/mol. The highest BCUT2D eigenvalue weighted by Gasteiger charge is 2.33. The highest BCUT2D eigenvalue weighted by molar-refractivity contribution is 8.03. The molecule has 7 heteroatoms. The van der Waals surface area contributed by atoms with E-state index in [2.05, 4.69) is 0 Å². The normalized spacial score (nSPS) is 11.0. The zero-order chi connectivity index (χ0) is 15.5. The summed E-state index contributed by atoms with van der Waals surface area (Å²) in [5.74, 6) is 0.403. The van der Waals surface area contributed by atoms with Gasteiger partial charge in [0.25, 0.3) is 0 Å². The summed E-state index contributed by atoms with van der Waals surface area (Å²) in [6.07, 6.45) is -4.54. The van der Waals surface area contributed by atoms with Gasteiger partial charge in [0.1, 0.15) is 16.9 Å². The number of hydrogen-bond acceptors (Lipinski definition) is 3. The van der Waals surface area contributed by atoms with E-state index in [0.717, 1.165) is 28.8 Å². The molecule has 2 aromatic rings. The first kappa shape index (κ1) is 15.5. The molecule has 0 aliphatic carbocycles. The van der Waals surface area contributed by atoms with E-state index < -0.39 is 11.7 Å². The molecule has 0 fully saturated rings. The Kier molecular flexibility index (Phi) is 4.66. The molecule has 0 N–H and O–H groups in total. The zero-order valence-corrected chi connectivity index (χ0v) is 11.9. The molecule has 108 valence electrons. The lowest BCUT2D eigenvalue weighted by Gasteiger charge is -2.11. The van der Waals surface area contributed by atoms with Crippen molar-refractivity contribution in [2.45, 2.75) is 11.1 Å². The second-order valence-electron chi connectivity index (χ2n) is 3.91. The summed E-state index contributed by atoms with van der Waals surface area (Å²) in [7, 11) is 0. The van der Waals surface area contributed by atoms with Crippen LogP contribution in [0, 0.1) is 10.7 Å². The molecule has 0 saturated heterocycles. The average molecular weight is 330 g/mol. The molecule has 0 atom stereocenters. The van der Waals surface area contributed by atoms with Crippen molar-refractivity contribution < 1.29 is 17.9 Å². The van der Waals surface area contributed by atoms with E-state index in [0.29, 0.717) is 5.75 Å². The van der Waals surface area contributed by atoms with Gasteiger partial charge in [0.15, 0.2) is 0 Å². The number of rotatable bonds is 3. The molecule has 0 bridgehead atoms. The number of alkyl halides is 3. The van der Waals surface area contributed by atoms with Crippen LogP contribution >= 0.6 is 23.4 Å². The molecule has 2 aromatic carbocycles. The largest absolute Gasteiger partial charge is 0.457 e. The number of ether oxygens (including phenoxy) is 1. The highest BCUT2D eigenvalue weighted by atomic mass is 35.5. The molecule has 0 saturated carbocycles. The number of thioether (sulfide) groups is 1. The van der Waals surface area contributed by atoms with Gasteiger partial charge in [-0.05, 0) is 54.2 Å². The van der Waals surface area contributed by atoms with E-state index in [-0.39, 0.29) is 10.8 Å². The van der Waals surface area contributed by atoms with Gasteiger partial charge in [-0.3, -0.25) is 0 Å². The fraction of sp³-hybridized carbons (Fsp3) is 0.0714. The number of hydrogen-bond donors (Lipinski definition) is 0. The second-order valence-corrected chi connectivity index (χ2v) is 5.17. The van der Waals surface area contributed by atoms with Gasteiger partial charge in [-0.1, -0.05) is 11.6 Å².